The monoisotopic (exact) mass is 576 g/mol. The lowest BCUT2D eigenvalue weighted by Gasteiger charge is -2.61. The van der Waals surface area contributed by atoms with Crippen molar-refractivity contribution in [3.63, 3.8) is 0 Å². The summed E-state index contributed by atoms with van der Waals surface area (Å²) in [6.45, 7) is 12.3. The molecule has 218 valence electrons. The molecular formula is C32H41ClN6O2. The predicted octanol–water partition coefficient (Wildman–Crippen LogP) is 5.30. The number of fused-ring (bicyclic) bond motifs is 3. The standard InChI is InChI=1S/C32H41ClN6O2/c1-19-17-39(13-12-34-19)31(37-27-15-21-14-26(20(27)2)32(21,3)4)35-23-8-11-25-28(16-23)36-29(38(5)30(25)40)18-41-24-9-6-22(33)7-10-24/h6-11,16,19-21,26-27,34H,12-15,17-18H2,1-5H3,(H,35,37)/t19-,20-,21+,26-,27-/m0/s1. The highest BCUT2D eigenvalue weighted by molar-refractivity contribution is 6.30. The zero-order valence-corrected chi connectivity index (χ0v) is 25.4. The van der Waals surface area contributed by atoms with Gasteiger partial charge >= 0.3 is 0 Å². The average molecular weight is 577 g/mol. The van der Waals surface area contributed by atoms with Crippen molar-refractivity contribution >= 4 is 34.2 Å². The third-order valence-electron chi connectivity index (χ3n) is 9.88. The molecule has 1 aliphatic heterocycles. The Morgan fingerprint density at radius 1 is 1.20 bits per heavy atom. The minimum Gasteiger partial charge on any atom is -0.486 e. The zero-order valence-electron chi connectivity index (χ0n) is 24.7. The molecule has 0 radical (unpaired) electrons. The van der Waals surface area contributed by atoms with Crippen molar-refractivity contribution in [3.8, 4) is 5.75 Å². The van der Waals surface area contributed by atoms with E-state index < -0.39 is 0 Å². The molecule has 0 spiro atoms. The van der Waals surface area contributed by atoms with E-state index in [1.54, 1.807) is 35.9 Å². The van der Waals surface area contributed by atoms with Gasteiger partial charge < -0.3 is 20.3 Å². The largest absolute Gasteiger partial charge is 0.486 e. The van der Waals surface area contributed by atoms with Crippen LogP contribution in [0.3, 0.4) is 0 Å². The highest BCUT2D eigenvalue weighted by atomic mass is 35.5. The molecular weight excluding hydrogens is 536 g/mol. The van der Waals surface area contributed by atoms with Crippen molar-refractivity contribution < 1.29 is 4.74 Å². The van der Waals surface area contributed by atoms with E-state index in [9.17, 15) is 4.79 Å². The summed E-state index contributed by atoms with van der Waals surface area (Å²) in [6.07, 6.45) is 2.48. The second kappa shape index (κ2) is 11.0. The zero-order chi connectivity index (χ0) is 28.9. The van der Waals surface area contributed by atoms with Crippen LogP contribution in [0, 0.1) is 23.2 Å². The Labute approximate surface area is 247 Å². The molecule has 4 fully saturated rings. The molecule has 2 aromatic carbocycles. The number of nitrogens with one attached hydrogen (secondary N) is 2. The van der Waals surface area contributed by atoms with Crippen molar-refractivity contribution in [1.82, 2.24) is 19.8 Å². The second-order valence-electron chi connectivity index (χ2n) is 12.8. The van der Waals surface area contributed by atoms with Gasteiger partial charge in [-0.15, -0.1) is 0 Å². The molecule has 0 amide bonds. The van der Waals surface area contributed by atoms with Crippen LogP contribution in [0.4, 0.5) is 5.69 Å². The first-order valence-corrected chi connectivity index (χ1v) is 15.2. The molecule has 4 aliphatic rings. The molecule has 8 nitrogen and oxygen atoms in total. The Morgan fingerprint density at radius 2 is 1.98 bits per heavy atom. The Kier molecular flexibility index (Phi) is 7.49. The van der Waals surface area contributed by atoms with Gasteiger partial charge in [0.25, 0.3) is 5.56 Å². The van der Waals surface area contributed by atoms with Crippen molar-refractivity contribution in [3.05, 3.63) is 63.7 Å². The second-order valence-corrected chi connectivity index (χ2v) is 13.2. The summed E-state index contributed by atoms with van der Waals surface area (Å²) in [5.41, 5.74) is 1.84. The first kappa shape index (κ1) is 28.0. The van der Waals surface area contributed by atoms with E-state index in [0.29, 0.717) is 50.9 Å². The van der Waals surface area contributed by atoms with Gasteiger partial charge in [-0.1, -0.05) is 32.4 Å². The number of aliphatic imine (C=N–C) groups is 1. The highest BCUT2D eigenvalue weighted by Gasteiger charge is 2.56. The summed E-state index contributed by atoms with van der Waals surface area (Å²) < 4.78 is 7.46. The minimum absolute atomic E-state index is 0.0982. The maximum atomic E-state index is 13.2. The molecule has 3 aromatic rings. The molecule has 9 heteroatoms. The minimum atomic E-state index is -0.0982. The summed E-state index contributed by atoms with van der Waals surface area (Å²) in [5, 5.41) is 8.42. The van der Waals surface area contributed by atoms with E-state index in [1.807, 2.05) is 18.2 Å². The van der Waals surface area contributed by atoms with Crippen molar-refractivity contribution in [2.24, 2.45) is 35.2 Å². The van der Waals surface area contributed by atoms with E-state index in [1.165, 1.54) is 6.42 Å². The van der Waals surface area contributed by atoms with Crippen molar-refractivity contribution in [2.45, 2.75) is 59.2 Å². The van der Waals surface area contributed by atoms with Gasteiger partial charge in [-0.3, -0.25) is 9.36 Å². The summed E-state index contributed by atoms with van der Waals surface area (Å²) >= 11 is 5.99. The first-order valence-electron chi connectivity index (χ1n) is 14.8. The van der Waals surface area contributed by atoms with Crippen LogP contribution in [0.25, 0.3) is 10.9 Å². The number of piperazine rings is 1. The molecule has 3 aliphatic carbocycles. The normalized spacial score (nSPS) is 27.4. The molecule has 0 unspecified atom stereocenters. The van der Waals surface area contributed by atoms with E-state index in [0.717, 1.165) is 49.5 Å². The van der Waals surface area contributed by atoms with Crippen LogP contribution in [-0.4, -0.2) is 52.1 Å². The summed E-state index contributed by atoms with van der Waals surface area (Å²) in [5.74, 6) is 4.17. The van der Waals surface area contributed by atoms with E-state index in [-0.39, 0.29) is 12.2 Å². The Balaban J connectivity index is 1.28. The Bertz CT molecular complexity index is 1520. The number of guanidine groups is 1. The highest BCUT2D eigenvalue weighted by Crippen LogP contribution is 2.61. The molecule has 3 saturated carbocycles. The lowest BCUT2D eigenvalue weighted by Crippen LogP contribution is -2.57. The SMILES string of the molecule is C[C@@H]1[C@@H](N=C(Nc2ccc3c(=O)n(C)c(COc4ccc(Cl)cc4)nc3c2)N2CCN[C@@H](C)C2)C[C@H]2C[C@@H]1C2(C)C. The number of ether oxygens (including phenoxy) is 1. The Morgan fingerprint density at radius 3 is 2.68 bits per heavy atom. The Hall–Kier alpha value is -3.10. The third-order valence-corrected chi connectivity index (χ3v) is 10.1. The van der Waals surface area contributed by atoms with Gasteiger partial charge in [0.15, 0.2) is 5.96 Å². The number of nitrogens with zero attached hydrogens (tertiary/aromatic N) is 4. The van der Waals surface area contributed by atoms with Crippen LogP contribution < -0.4 is 20.9 Å². The van der Waals surface area contributed by atoms with Gasteiger partial charge in [-0.2, -0.15) is 0 Å². The summed E-state index contributed by atoms with van der Waals surface area (Å²) in [4.78, 5) is 25.8. The lowest BCUT2D eigenvalue weighted by molar-refractivity contribution is -0.108. The number of rotatable bonds is 5. The molecule has 41 heavy (non-hydrogen) atoms. The fourth-order valence-corrected chi connectivity index (χ4v) is 7.23. The van der Waals surface area contributed by atoms with Crippen LogP contribution >= 0.6 is 11.6 Å². The van der Waals surface area contributed by atoms with Gasteiger partial charge in [-0.25, -0.2) is 9.98 Å². The quantitative estimate of drug-likeness (QED) is 0.317. The van der Waals surface area contributed by atoms with Crippen molar-refractivity contribution in [2.75, 3.05) is 25.0 Å². The summed E-state index contributed by atoms with van der Waals surface area (Å²) in [7, 11) is 1.73. The fourth-order valence-electron chi connectivity index (χ4n) is 7.10. The number of benzene rings is 2. The van der Waals surface area contributed by atoms with Crippen LogP contribution in [-0.2, 0) is 13.7 Å². The molecule has 5 atom stereocenters. The van der Waals surface area contributed by atoms with E-state index in [2.05, 4.69) is 43.2 Å². The van der Waals surface area contributed by atoms with Crippen LogP contribution in [0.2, 0.25) is 5.02 Å². The molecule has 1 aromatic heterocycles. The van der Waals surface area contributed by atoms with Gasteiger partial charge in [0, 0.05) is 43.4 Å². The maximum absolute atomic E-state index is 13.2. The van der Waals surface area contributed by atoms with Crippen LogP contribution in [0.5, 0.6) is 5.75 Å². The number of aromatic nitrogens is 2. The number of hydrogen-bond acceptors (Lipinski definition) is 5. The third kappa shape index (κ3) is 5.44. The molecule has 2 heterocycles. The molecule has 1 saturated heterocycles. The smallest absolute Gasteiger partial charge is 0.261 e. The van der Waals surface area contributed by atoms with Gasteiger partial charge in [-0.05, 0) is 85.4 Å². The maximum Gasteiger partial charge on any atom is 0.261 e. The molecule has 2 bridgehead atoms. The molecule has 2 N–H and O–H groups in total. The van der Waals surface area contributed by atoms with Crippen LogP contribution in [0.15, 0.2) is 52.3 Å². The van der Waals surface area contributed by atoms with Gasteiger partial charge in [0.2, 0.25) is 0 Å². The lowest BCUT2D eigenvalue weighted by atomic mass is 9.45. The topological polar surface area (TPSA) is 83.8 Å². The number of anilines is 1. The van der Waals surface area contributed by atoms with Gasteiger partial charge in [0.05, 0.1) is 16.9 Å². The van der Waals surface area contributed by atoms with E-state index >= 15 is 0 Å². The average Bonchev–Trinajstić information content (AvgIpc) is 2.95. The number of hydrogen-bond donors (Lipinski definition) is 2. The first-order chi connectivity index (χ1) is 19.6. The van der Waals surface area contributed by atoms with Crippen molar-refractivity contribution in [1.29, 1.82) is 0 Å². The van der Waals surface area contributed by atoms with E-state index in [4.69, 9.17) is 26.3 Å². The summed E-state index contributed by atoms with van der Waals surface area (Å²) in [6, 6.07) is 13.6. The molecule has 7 rings (SSSR count). The van der Waals surface area contributed by atoms with Crippen LogP contribution in [0.1, 0.15) is 46.4 Å². The predicted molar refractivity (Wildman–Crippen MR) is 166 cm³/mol. The number of halogens is 1. The van der Waals surface area contributed by atoms with Gasteiger partial charge in [0.1, 0.15) is 18.2 Å². The fraction of sp³-hybridized carbons (Fsp3) is 0.531.